The number of para-hydroxylation sites is 1. The number of aliphatic carboxylic acids is 1. The molecule has 0 aliphatic rings. The van der Waals surface area contributed by atoms with E-state index in [1.165, 1.54) is 18.7 Å². The molecule has 0 saturated heterocycles. The van der Waals surface area contributed by atoms with Gasteiger partial charge in [0.1, 0.15) is 66.5 Å². The van der Waals surface area contributed by atoms with Crippen molar-refractivity contribution in [2.45, 2.75) is 196 Å². The van der Waals surface area contributed by atoms with Gasteiger partial charge in [-0.25, -0.2) is 4.79 Å². The van der Waals surface area contributed by atoms with E-state index >= 15 is 0 Å². The van der Waals surface area contributed by atoms with Crippen molar-refractivity contribution in [2.75, 3.05) is 43.9 Å². The second-order valence-corrected chi connectivity index (χ2v) is 28.2. The molecule has 0 spiro atoms. The summed E-state index contributed by atoms with van der Waals surface area (Å²) in [5.74, 6) is -14.5. The second-order valence-electron chi connectivity index (χ2n) is 26.8. The van der Waals surface area contributed by atoms with Gasteiger partial charge < -0.3 is 126 Å². The summed E-state index contributed by atoms with van der Waals surface area (Å²) in [6.45, 7) is 4.68. The molecule has 1 heterocycles. The Bertz CT molecular complexity index is 3730. The Morgan fingerprint density at radius 3 is 1.28 bits per heavy atom. The maximum atomic E-state index is 15.0. The number of guanidine groups is 3. The molecule has 0 unspecified atom stereocenters. The molecule has 12 atom stereocenters. The molecule has 620 valence electrons. The van der Waals surface area contributed by atoms with Crippen molar-refractivity contribution < 1.29 is 72.2 Å². The molecule has 42 heteroatoms. The molecule has 0 aliphatic heterocycles. The number of benzene rings is 2. The molecular weight excluding hydrogens is 1500 g/mol. The van der Waals surface area contributed by atoms with Gasteiger partial charge in [-0.05, 0) is 126 Å². The Kier molecular flexibility index (Phi) is 43.1. The number of aliphatic imine (C=N–C) groups is 3. The van der Waals surface area contributed by atoms with Crippen molar-refractivity contribution in [3.05, 3.63) is 71.9 Å². The fourth-order valence-electron chi connectivity index (χ4n) is 11.2. The lowest BCUT2D eigenvalue weighted by molar-refractivity contribution is -0.143. The first-order valence-electron chi connectivity index (χ1n) is 36.5. The molecule has 0 radical (unpaired) electrons. The van der Waals surface area contributed by atoms with Crippen LogP contribution in [-0.2, 0) is 80.0 Å². The summed E-state index contributed by atoms with van der Waals surface area (Å²) in [4.78, 5) is 209. The maximum Gasteiger partial charge on any atom is 0.326 e. The average Bonchev–Trinajstić information content (AvgIpc) is 1.64. The minimum Gasteiger partial charge on any atom is -0.480 e. The van der Waals surface area contributed by atoms with Gasteiger partial charge in [0.05, 0.1) is 6.04 Å². The topological polar surface area (TPSA) is 705 Å². The predicted octanol–water partition coefficient (Wildman–Crippen LogP) is -6.12. The Morgan fingerprint density at radius 2 is 0.830 bits per heavy atom. The van der Waals surface area contributed by atoms with Gasteiger partial charge in [-0.15, -0.1) is 0 Å². The van der Waals surface area contributed by atoms with Crippen LogP contribution in [0.3, 0.4) is 0 Å². The smallest absolute Gasteiger partial charge is 0.326 e. The van der Waals surface area contributed by atoms with Gasteiger partial charge in [0.2, 0.25) is 76.8 Å². The van der Waals surface area contributed by atoms with Crippen LogP contribution >= 0.6 is 24.4 Å². The van der Waals surface area contributed by atoms with Crippen LogP contribution in [0, 0.1) is 5.92 Å². The normalized spacial score (nSPS) is 14.2. The molecule has 33 N–H and O–H groups in total. The minimum absolute atomic E-state index is 0.00960. The Morgan fingerprint density at radius 1 is 0.446 bits per heavy atom. The fraction of sp³-hybridized carbons (Fsp3) is 0.557. The highest BCUT2D eigenvalue weighted by Gasteiger charge is 2.38. The number of nitrogens with one attached hydrogen (secondary N) is 12. The summed E-state index contributed by atoms with van der Waals surface area (Å²) in [5, 5.41) is 39.1. The van der Waals surface area contributed by atoms with Crippen LogP contribution in [0.1, 0.15) is 122 Å². The summed E-state index contributed by atoms with van der Waals surface area (Å²) in [5.41, 5.74) is 57.7. The number of unbranched alkanes of at least 4 members (excludes halogenated alkanes) is 1. The number of thioether (sulfide) groups is 1. The predicted molar refractivity (Wildman–Crippen MR) is 426 cm³/mol. The van der Waals surface area contributed by atoms with Gasteiger partial charge in [0, 0.05) is 68.2 Å². The van der Waals surface area contributed by atoms with E-state index in [1.54, 1.807) is 80.9 Å². The molecule has 0 aliphatic carbocycles. The highest BCUT2D eigenvalue weighted by atomic mass is 32.2. The minimum atomic E-state index is -1.71. The lowest BCUT2D eigenvalue weighted by Crippen LogP contribution is -2.61. The van der Waals surface area contributed by atoms with Crippen LogP contribution in [0.4, 0.5) is 0 Å². The van der Waals surface area contributed by atoms with Gasteiger partial charge in [-0.2, -0.15) is 24.4 Å². The Labute approximate surface area is 658 Å². The van der Waals surface area contributed by atoms with Gasteiger partial charge in [0.15, 0.2) is 17.9 Å². The monoisotopic (exact) mass is 1610 g/mol. The van der Waals surface area contributed by atoms with Crippen LogP contribution in [0.25, 0.3) is 10.9 Å². The zero-order valence-electron chi connectivity index (χ0n) is 63.5. The third-order valence-electron chi connectivity index (χ3n) is 17.3. The molecule has 3 aromatic rings. The Balaban J connectivity index is 2.01. The second kappa shape index (κ2) is 50.7. The number of aromatic amines is 1. The molecule has 0 saturated carbocycles. The standard InChI is InChI=1S/C70H113N25O15S2/c1-37(2)55(66(108)92-50(67(109)110)22-14-31-83-70(79)80)95-63(105)44(19-10-11-28-71)87-59(101)46(21-13-30-82-69(77)78)89-62(104)49(27-32-112-4)86-56(98)38(3)85-58(100)45(20-12-29-81-68(75)76)88-60(102)47(23-25-53(73)96)91-65(107)52(34-40-35-84-43-18-9-8-17-41(40)43)94-61(103)48(24-26-54(74)97)90-64(106)51(93-57(99)42(72)36-111)33-39-15-6-5-7-16-39/h5-9,15-18,35,37-38,42,44-52,55,84,111H,10-14,19-34,36,71-72H2,1-4H3,(H2,73,96)(H2,74,97)(H,85,100)(H,86,98)(H,87,101)(H,88,102)(H,89,104)(H,90,106)(H,91,107)(H,92,108)(H,93,99)(H,94,103)(H,95,105)(H,109,110)(H4,75,76,81)(H4,77,78,82)(H4,79,80,83)/t38-,42-,44-,45-,46-,47-,48-,49-,50-,51-,52-,55-/m0/s1. The van der Waals surface area contributed by atoms with Crippen molar-refractivity contribution in [2.24, 2.45) is 78.2 Å². The first-order valence-corrected chi connectivity index (χ1v) is 38.6. The molecule has 0 bridgehead atoms. The van der Waals surface area contributed by atoms with Crippen molar-refractivity contribution in [3.63, 3.8) is 0 Å². The number of carbonyl (C=O) groups excluding carboxylic acids is 13. The number of fused-ring (bicyclic) bond motifs is 1. The highest BCUT2D eigenvalue weighted by molar-refractivity contribution is 7.98. The number of primary amides is 2. The molecule has 0 fully saturated rings. The number of nitrogens with two attached hydrogens (primary N) is 10. The van der Waals surface area contributed by atoms with E-state index in [4.69, 9.17) is 57.3 Å². The van der Waals surface area contributed by atoms with Gasteiger partial charge >= 0.3 is 5.97 Å². The molecule has 13 amide bonds. The number of thiol groups is 1. The summed E-state index contributed by atoms with van der Waals surface area (Å²) in [6.07, 6.45) is 1.53. The SMILES string of the molecule is CSCC[C@H](NC(=O)[C@H](C)NC(=O)[C@H](CCCN=C(N)N)NC(=O)[C@H](CCC(N)=O)NC(=O)[C@H](Cc1c[nH]c2ccccc12)NC(=O)[C@H](CCC(N)=O)NC(=O)[C@H](Cc1ccccc1)NC(=O)[C@@H](N)CS)C(=O)N[C@@H](CCCN=C(N)N)C(=O)N[C@@H](CCCCN)C(=O)N[C@H](C(=O)N[C@@H](CCCN=C(N)N)C(=O)O)C(C)C. The number of amides is 13. The molecule has 3 rings (SSSR count). The van der Waals surface area contributed by atoms with Gasteiger partial charge in [0.25, 0.3) is 0 Å². The molecular formula is C70H113N25O15S2. The van der Waals surface area contributed by atoms with Crippen LogP contribution < -0.4 is 116 Å². The van der Waals surface area contributed by atoms with Crippen molar-refractivity contribution >= 4 is 136 Å². The van der Waals surface area contributed by atoms with E-state index in [-0.39, 0.29) is 120 Å². The number of carbonyl (C=O) groups is 14. The van der Waals surface area contributed by atoms with Crippen molar-refractivity contribution in [3.8, 4) is 0 Å². The van der Waals surface area contributed by atoms with E-state index < -0.39 is 187 Å². The van der Waals surface area contributed by atoms with E-state index in [0.29, 0.717) is 34.9 Å². The zero-order valence-corrected chi connectivity index (χ0v) is 65.2. The maximum absolute atomic E-state index is 15.0. The van der Waals surface area contributed by atoms with Crippen molar-refractivity contribution in [1.29, 1.82) is 0 Å². The lowest BCUT2D eigenvalue weighted by Gasteiger charge is -2.28. The first kappa shape index (κ1) is 95.2. The quantitative estimate of drug-likeness (QED) is 0.0108. The number of hydrogen-bond donors (Lipinski definition) is 24. The zero-order chi connectivity index (χ0) is 83.6. The summed E-state index contributed by atoms with van der Waals surface area (Å²) < 4.78 is 0. The average molecular weight is 1610 g/mol. The number of carboxylic acids is 1. The van der Waals surface area contributed by atoms with Gasteiger partial charge in [-0.1, -0.05) is 62.4 Å². The van der Waals surface area contributed by atoms with E-state index in [1.807, 2.05) is 0 Å². The number of H-pyrrole nitrogens is 1. The largest absolute Gasteiger partial charge is 0.480 e. The van der Waals surface area contributed by atoms with Gasteiger partial charge in [-0.3, -0.25) is 77.3 Å². The van der Waals surface area contributed by atoms with Crippen LogP contribution in [-0.4, -0.2) is 227 Å². The summed E-state index contributed by atoms with van der Waals surface area (Å²) >= 11 is 5.40. The van der Waals surface area contributed by atoms with E-state index in [9.17, 15) is 72.2 Å². The van der Waals surface area contributed by atoms with Crippen molar-refractivity contribution in [1.82, 2.24) is 63.5 Å². The van der Waals surface area contributed by atoms with Crippen LogP contribution in [0.5, 0.6) is 0 Å². The van der Waals surface area contributed by atoms with E-state index in [2.05, 4.69) is 91.1 Å². The molecule has 1 aromatic heterocycles. The van der Waals surface area contributed by atoms with Crippen LogP contribution in [0.2, 0.25) is 0 Å². The highest BCUT2D eigenvalue weighted by Crippen LogP contribution is 2.21. The first-order chi connectivity index (χ1) is 53.1. The third kappa shape index (κ3) is 35.8. The number of hydrogen-bond acceptors (Lipinski definition) is 21. The number of carboxylic acid groups (broad SMARTS) is 1. The number of aromatic nitrogens is 1. The lowest BCUT2D eigenvalue weighted by atomic mass is 10.0. The summed E-state index contributed by atoms with van der Waals surface area (Å²) in [7, 11) is 0. The molecule has 112 heavy (non-hydrogen) atoms. The number of rotatable bonds is 54. The van der Waals surface area contributed by atoms with Crippen LogP contribution in [0.15, 0.2) is 75.8 Å². The third-order valence-corrected chi connectivity index (χ3v) is 18.4. The number of nitrogens with zero attached hydrogens (tertiary/aromatic N) is 3. The Hall–Kier alpha value is -11.0. The summed E-state index contributed by atoms with van der Waals surface area (Å²) in [6, 6.07) is -1.89. The molecule has 40 nitrogen and oxygen atoms in total. The molecule has 2 aromatic carbocycles. The fourth-order valence-corrected chi connectivity index (χ4v) is 11.8. The van der Waals surface area contributed by atoms with E-state index in [0.717, 1.165) is 0 Å².